The van der Waals surface area contributed by atoms with Gasteiger partial charge in [0, 0.05) is 18.5 Å². The normalized spacial score (nSPS) is 16.0. The van der Waals surface area contributed by atoms with Crippen LogP contribution in [-0.2, 0) is 29.2 Å². The van der Waals surface area contributed by atoms with Crippen LogP contribution in [-0.4, -0.2) is 35.5 Å². The highest BCUT2D eigenvalue weighted by atomic mass is 16.5. The number of carbonyl (C=O) groups excluding carboxylic acids is 1. The number of amides is 1. The molecule has 0 unspecified atom stereocenters. The number of fused-ring (bicyclic) bond motifs is 1. The van der Waals surface area contributed by atoms with Crippen LogP contribution in [0.15, 0.2) is 42.5 Å². The van der Waals surface area contributed by atoms with Gasteiger partial charge >= 0.3 is 5.97 Å². The lowest BCUT2D eigenvalue weighted by molar-refractivity contribution is -0.147. The first-order valence-electron chi connectivity index (χ1n) is 7.93. The lowest BCUT2D eigenvalue weighted by atomic mass is 9.93. The molecule has 0 spiro atoms. The van der Waals surface area contributed by atoms with Crippen LogP contribution in [0, 0.1) is 0 Å². The number of benzene rings is 2. The lowest BCUT2D eigenvalue weighted by Crippen LogP contribution is -2.44. The third-order valence-corrected chi connectivity index (χ3v) is 4.34. The van der Waals surface area contributed by atoms with Crippen LogP contribution < -0.4 is 9.47 Å². The minimum Gasteiger partial charge on any atom is -0.493 e. The number of rotatable bonds is 6. The van der Waals surface area contributed by atoms with Crippen LogP contribution in [0.4, 0.5) is 0 Å². The largest absolute Gasteiger partial charge is 0.493 e. The molecule has 130 valence electrons. The molecule has 0 radical (unpaired) electrons. The molecular weight excluding hydrogens is 322 g/mol. The third-order valence-electron chi connectivity index (χ3n) is 4.34. The molecule has 2 aromatic carbocycles. The van der Waals surface area contributed by atoms with E-state index >= 15 is 0 Å². The molecule has 2 aromatic rings. The summed E-state index contributed by atoms with van der Waals surface area (Å²) in [5.74, 6) is 0.0635. The van der Waals surface area contributed by atoms with E-state index in [9.17, 15) is 14.7 Å². The van der Waals surface area contributed by atoms with E-state index in [-0.39, 0.29) is 13.0 Å². The Morgan fingerprint density at radius 2 is 2.04 bits per heavy atom. The SMILES string of the molecule is COc1ccc2c(c1OCc1ccccc1)C[C@@H](C(=O)O)N(C=O)C2. The molecule has 0 saturated heterocycles. The summed E-state index contributed by atoms with van der Waals surface area (Å²) >= 11 is 0. The number of carboxylic acids is 1. The second kappa shape index (κ2) is 7.25. The summed E-state index contributed by atoms with van der Waals surface area (Å²) in [7, 11) is 1.55. The Morgan fingerprint density at radius 3 is 2.68 bits per heavy atom. The van der Waals surface area contributed by atoms with Gasteiger partial charge in [0.2, 0.25) is 6.41 Å². The molecule has 3 rings (SSSR count). The summed E-state index contributed by atoms with van der Waals surface area (Å²) in [5, 5.41) is 9.42. The number of ether oxygens (including phenoxy) is 2. The van der Waals surface area contributed by atoms with Gasteiger partial charge in [-0.3, -0.25) is 4.79 Å². The molecule has 0 aliphatic carbocycles. The summed E-state index contributed by atoms with van der Waals surface area (Å²) in [6.45, 7) is 0.588. The van der Waals surface area contributed by atoms with Gasteiger partial charge in [-0.2, -0.15) is 0 Å². The summed E-state index contributed by atoms with van der Waals surface area (Å²) in [6, 6.07) is 12.4. The van der Waals surface area contributed by atoms with Crippen molar-refractivity contribution < 1.29 is 24.2 Å². The third kappa shape index (κ3) is 3.42. The van der Waals surface area contributed by atoms with Gasteiger partial charge in [-0.15, -0.1) is 0 Å². The zero-order valence-electron chi connectivity index (χ0n) is 13.8. The Morgan fingerprint density at radius 1 is 1.28 bits per heavy atom. The van der Waals surface area contributed by atoms with Gasteiger partial charge in [0.1, 0.15) is 12.6 Å². The number of aliphatic carboxylic acids is 1. The van der Waals surface area contributed by atoms with E-state index in [4.69, 9.17) is 9.47 Å². The Kier molecular flexibility index (Phi) is 4.88. The minimum atomic E-state index is -1.03. The lowest BCUT2D eigenvalue weighted by Gasteiger charge is -2.32. The Balaban J connectivity index is 1.94. The standard InChI is InChI=1S/C19H19NO5/c1-24-17-8-7-14-10-20(12-21)16(19(22)23)9-15(14)18(17)25-11-13-5-3-2-4-6-13/h2-8,12,16H,9-11H2,1H3,(H,22,23)/t16-/m0/s1. The maximum Gasteiger partial charge on any atom is 0.326 e. The highest BCUT2D eigenvalue weighted by Crippen LogP contribution is 2.38. The van der Waals surface area contributed by atoms with E-state index < -0.39 is 12.0 Å². The van der Waals surface area contributed by atoms with Crippen LogP contribution in [0.25, 0.3) is 0 Å². The number of methoxy groups -OCH3 is 1. The molecule has 1 N–H and O–H groups in total. The van der Waals surface area contributed by atoms with Gasteiger partial charge in [0.05, 0.1) is 7.11 Å². The minimum absolute atomic E-state index is 0.185. The predicted molar refractivity (Wildman–Crippen MR) is 90.5 cm³/mol. The van der Waals surface area contributed by atoms with Crippen molar-refractivity contribution in [3.63, 3.8) is 0 Å². The van der Waals surface area contributed by atoms with Crippen LogP contribution in [0.2, 0.25) is 0 Å². The zero-order valence-corrected chi connectivity index (χ0v) is 13.8. The van der Waals surface area contributed by atoms with E-state index in [0.717, 1.165) is 16.7 Å². The zero-order chi connectivity index (χ0) is 17.8. The fourth-order valence-electron chi connectivity index (χ4n) is 3.03. The molecule has 6 heteroatoms. The van der Waals surface area contributed by atoms with E-state index in [1.807, 2.05) is 36.4 Å². The van der Waals surface area contributed by atoms with Gasteiger partial charge in [-0.05, 0) is 17.2 Å². The number of nitrogens with zero attached hydrogens (tertiary/aromatic N) is 1. The molecule has 25 heavy (non-hydrogen) atoms. The molecule has 1 heterocycles. The van der Waals surface area contributed by atoms with Crippen LogP contribution in [0.5, 0.6) is 11.5 Å². The molecule has 0 aromatic heterocycles. The number of hydrogen-bond acceptors (Lipinski definition) is 4. The van der Waals surface area contributed by atoms with Crippen molar-refractivity contribution in [1.82, 2.24) is 4.90 Å². The van der Waals surface area contributed by atoms with Crippen LogP contribution in [0.3, 0.4) is 0 Å². The Bertz CT molecular complexity index is 775. The highest BCUT2D eigenvalue weighted by Gasteiger charge is 2.33. The maximum atomic E-state index is 11.5. The maximum absolute atomic E-state index is 11.5. The average molecular weight is 341 g/mol. The van der Waals surface area contributed by atoms with Gasteiger partial charge in [-0.25, -0.2) is 4.79 Å². The number of carbonyl (C=O) groups is 2. The highest BCUT2D eigenvalue weighted by molar-refractivity contribution is 5.78. The predicted octanol–water partition coefficient (Wildman–Crippen LogP) is 2.24. The number of carboxylic acid groups (broad SMARTS) is 1. The fourth-order valence-corrected chi connectivity index (χ4v) is 3.03. The fraction of sp³-hybridized carbons (Fsp3) is 0.263. The molecule has 0 bridgehead atoms. The van der Waals surface area contributed by atoms with Gasteiger partial charge < -0.3 is 19.5 Å². The van der Waals surface area contributed by atoms with Crippen LogP contribution >= 0.6 is 0 Å². The van der Waals surface area contributed by atoms with E-state index in [1.54, 1.807) is 13.2 Å². The second-order valence-corrected chi connectivity index (χ2v) is 5.84. The Hall–Kier alpha value is -3.02. The Labute approximate surface area is 145 Å². The van der Waals surface area contributed by atoms with Crippen LogP contribution in [0.1, 0.15) is 16.7 Å². The summed E-state index contributed by atoms with van der Waals surface area (Å²) in [6.07, 6.45) is 0.765. The molecular formula is C19H19NO5. The molecule has 1 atom stereocenters. The second-order valence-electron chi connectivity index (χ2n) is 5.84. The van der Waals surface area contributed by atoms with Gasteiger partial charge in [-0.1, -0.05) is 36.4 Å². The molecule has 0 saturated carbocycles. The summed E-state index contributed by atoms with van der Waals surface area (Å²) < 4.78 is 11.4. The average Bonchev–Trinajstić information content (AvgIpc) is 2.65. The van der Waals surface area contributed by atoms with Gasteiger partial charge in [0.15, 0.2) is 11.5 Å². The van der Waals surface area contributed by atoms with E-state index in [2.05, 4.69) is 0 Å². The van der Waals surface area contributed by atoms with Crippen molar-refractivity contribution in [3.8, 4) is 11.5 Å². The van der Waals surface area contributed by atoms with Crippen molar-refractivity contribution in [1.29, 1.82) is 0 Å². The topological polar surface area (TPSA) is 76.1 Å². The molecule has 1 aliphatic heterocycles. The number of hydrogen-bond donors (Lipinski definition) is 1. The van der Waals surface area contributed by atoms with Crippen molar-refractivity contribution in [2.45, 2.75) is 25.6 Å². The van der Waals surface area contributed by atoms with Crippen molar-refractivity contribution in [3.05, 3.63) is 59.2 Å². The first-order chi connectivity index (χ1) is 12.1. The van der Waals surface area contributed by atoms with Crippen molar-refractivity contribution >= 4 is 12.4 Å². The smallest absolute Gasteiger partial charge is 0.326 e. The molecule has 1 amide bonds. The van der Waals surface area contributed by atoms with E-state index in [1.165, 1.54) is 4.90 Å². The quantitative estimate of drug-likeness (QED) is 0.816. The monoisotopic (exact) mass is 341 g/mol. The molecule has 6 nitrogen and oxygen atoms in total. The summed E-state index contributed by atoms with van der Waals surface area (Å²) in [4.78, 5) is 24.0. The first-order valence-corrected chi connectivity index (χ1v) is 7.93. The van der Waals surface area contributed by atoms with Crippen molar-refractivity contribution in [2.75, 3.05) is 7.11 Å². The van der Waals surface area contributed by atoms with Gasteiger partial charge in [0.25, 0.3) is 0 Å². The van der Waals surface area contributed by atoms with Crippen molar-refractivity contribution in [2.24, 2.45) is 0 Å². The first kappa shape index (κ1) is 16.8. The summed E-state index contributed by atoms with van der Waals surface area (Å²) in [5.41, 5.74) is 2.65. The molecule has 1 aliphatic rings. The molecule has 0 fully saturated rings. The van der Waals surface area contributed by atoms with E-state index in [0.29, 0.717) is 24.5 Å².